The molecule has 0 aliphatic carbocycles. The van der Waals surface area contributed by atoms with E-state index < -0.39 is 11.5 Å². The number of carboxylic acid groups (broad SMARTS) is 1. The van der Waals surface area contributed by atoms with Crippen molar-refractivity contribution < 1.29 is 14.7 Å². The van der Waals surface area contributed by atoms with Gasteiger partial charge in [-0.25, -0.2) is 0 Å². The SMILES string of the molecule is CCC(CC)(NCC(=O)Nc1cccc(C#N)c1)C(=O)O. The van der Waals surface area contributed by atoms with Crippen LogP contribution in [0.4, 0.5) is 5.69 Å². The zero-order chi connectivity index (χ0) is 15.9. The van der Waals surface area contributed by atoms with Crippen molar-refractivity contribution in [2.75, 3.05) is 11.9 Å². The van der Waals surface area contributed by atoms with Crippen LogP contribution in [0.15, 0.2) is 24.3 Å². The van der Waals surface area contributed by atoms with Crippen LogP contribution >= 0.6 is 0 Å². The zero-order valence-corrected chi connectivity index (χ0v) is 12.1. The monoisotopic (exact) mass is 289 g/mol. The van der Waals surface area contributed by atoms with Crippen LogP contribution in [-0.2, 0) is 9.59 Å². The van der Waals surface area contributed by atoms with E-state index in [1.54, 1.807) is 38.1 Å². The molecule has 0 aromatic heterocycles. The van der Waals surface area contributed by atoms with Crippen LogP contribution in [-0.4, -0.2) is 29.1 Å². The lowest BCUT2D eigenvalue weighted by atomic mass is 9.93. The summed E-state index contributed by atoms with van der Waals surface area (Å²) in [5.41, 5.74) is -0.135. The normalized spacial score (nSPS) is 10.7. The molecular weight excluding hydrogens is 270 g/mol. The third-order valence-corrected chi connectivity index (χ3v) is 3.48. The summed E-state index contributed by atoms with van der Waals surface area (Å²) in [6.45, 7) is 3.42. The molecule has 1 aromatic carbocycles. The zero-order valence-electron chi connectivity index (χ0n) is 12.1. The maximum absolute atomic E-state index is 11.9. The molecule has 0 aliphatic heterocycles. The first-order chi connectivity index (χ1) is 9.97. The van der Waals surface area contributed by atoms with Crippen molar-refractivity contribution in [2.45, 2.75) is 32.2 Å². The van der Waals surface area contributed by atoms with E-state index in [1.807, 2.05) is 6.07 Å². The summed E-state index contributed by atoms with van der Waals surface area (Å²) in [7, 11) is 0. The molecule has 3 N–H and O–H groups in total. The van der Waals surface area contributed by atoms with Gasteiger partial charge >= 0.3 is 5.97 Å². The summed E-state index contributed by atoms with van der Waals surface area (Å²) < 4.78 is 0. The van der Waals surface area contributed by atoms with E-state index in [0.29, 0.717) is 24.1 Å². The fourth-order valence-electron chi connectivity index (χ4n) is 2.00. The smallest absolute Gasteiger partial charge is 0.323 e. The average Bonchev–Trinajstić information content (AvgIpc) is 2.48. The van der Waals surface area contributed by atoms with Gasteiger partial charge in [-0.1, -0.05) is 19.9 Å². The molecule has 21 heavy (non-hydrogen) atoms. The predicted molar refractivity (Wildman–Crippen MR) is 78.7 cm³/mol. The number of hydrogen-bond donors (Lipinski definition) is 3. The summed E-state index contributed by atoms with van der Waals surface area (Å²) in [6, 6.07) is 8.52. The van der Waals surface area contributed by atoms with Gasteiger partial charge in [0.25, 0.3) is 0 Å². The van der Waals surface area contributed by atoms with Crippen LogP contribution < -0.4 is 10.6 Å². The Morgan fingerprint density at radius 3 is 2.52 bits per heavy atom. The number of benzene rings is 1. The highest BCUT2D eigenvalue weighted by Gasteiger charge is 2.34. The van der Waals surface area contributed by atoms with Crippen LogP contribution in [0.25, 0.3) is 0 Å². The molecule has 0 heterocycles. The van der Waals surface area contributed by atoms with Gasteiger partial charge in [0.15, 0.2) is 0 Å². The molecule has 0 radical (unpaired) electrons. The number of aliphatic carboxylic acids is 1. The van der Waals surface area contributed by atoms with E-state index >= 15 is 0 Å². The molecule has 1 aromatic rings. The second-order valence-corrected chi connectivity index (χ2v) is 4.69. The maximum Gasteiger partial charge on any atom is 0.323 e. The number of hydrogen-bond acceptors (Lipinski definition) is 4. The van der Waals surface area contributed by atoms with Gasteiger partial charge < -0.3 is 10.4 Å². The van der Waals surface area contributed by atoms with Gasteiger partial charge in [-0.3, -0.25) is 14.9 Å². The molecular formula is C15H19N3O3. The first-order valence-corrected chi connectivity index (χ1v) is 6.76. The second-order valence-electron chi connectivity index (χ2n) is 4.69. The lowest BCUT2D eigenvalue weighted by Crippen LogP contribution is -2.53. The maximum atomic E-state index is 11.9. The second kappa shape index (κ2) is 7.41. The summed E-state index contributed by atoms with van der Waals surface area (Å²) in [5, 5.41) is 23.5. The number of nitrogens with zero attached hydrogens (tertiary/aromatic N) is 1. The number of nitriles is 1. The Balaban J connectivity index is 2.65. The Bertz CT molecular complexity index is 560. The Hall–Kier alpha value is -2.39. The lowest BCUT2D eigenvalue weighted by molar-refractivity contribution is -0.145. The fourth-order valence-corrected chi connectivity index (χ4v) is 2.00. The highest BCUT2D eigenvalue weighted by molar-refractivity contribution is 5.93. The molecule has 0 fully saturated rings. The van der Waals surface area contributed by atoms with Gasteiger partial charge in [-0.2, -0.15) is 5.26 Å². The summed E-state index contributed by atoms with van der Waals surface area (Å²) >= 11 is 0. The predicted octanol–water partition coefficient (Wildman–Crippen LogP) is 1.73. The van der Waals surface area contributed by atoms with E-state index in [-0.39, 0.29) is 12.5 Å². The van der Waals surface area contributed by atoms with Crippen LogP contribution in [0, 0.1) is 11.3 Å². The Labute approximate surface area is 123 Å². The van der Waals surface area contributed by atoms with Crippen molar-refractivity contribution >= 4 is 17.6 Å². The molecule has 0 unspecified atom stereocenters. The number of amides is 1. The molecule has 1 rings (SSSR count). The Morgan fingerprint density at radius 2 is 2.00 bits per heavy atom. The topological polar surface area (TPSA) is 102 Å². The quantitative estimate of drug-likeness (QED) is 0.709. The molecule has 6 heteroatoms. The summed E-state index contributed by atoms with van der Waals surface area (Å²) in [5.74, 6) is -1.32. The van der Waals surface area contributed by atoms with E-state index in [1.165, 1.54) is 0 Å². The van der Waals surface area contributed by atoms with Crippen LogP contribution in [0.1, 0.15) is 32.3 Å². The lowest BCUT2D eigenvalue weighted by Gasteiger charge is -2.27. The van der Waals surface area contributed by atoms with Gasteiger partial charge in [-0.05, 0) is 31.0 Å². The van der Waals surface area contributed by atoms with Crippen molar-refractivity contribution in [3.8, 4) is 6.07 Å². The fraction of sp³-hybridized carbons (Fsp3) is 0.400. The van der Waals surface area contributed by atoms with Crippen molar-refractivity contribution in [2.24, 2.45) is 0 Å². The molecule has 0 spiro atoms. The average molecular weight is 289 g/mol. The van der Waals surface area contributed by atoms with Gasteiger partial charge in [0.05, 0.1) is 18.2 Å². The standard InChI is InChI=1S/C15H19N3O3/c1-3-15(4-2,14(20)21)17-10-13(19)18-12-7-5-6-11(8-12)9-16/h5-8,17H,3-4,10H2,1-2H3,(H,18,19)(H,20,21). The largest absolute Gasteiger partial charge is 0.480 e. The summed E-state index contributed by atoms with van der Waals surface area (Å²) in [4.78, 5) is 23.2. The van der Waals surface area contributed by atoms with Crippen molar-refractivity contribution in [1.29, 1.82) is 5.26 Å². The molecule has 0 saturated heterocycles. The Morgan fingerprint density at radius 1 is 1.33 bits per heavy atom. The van der Waals surface area contributed by atoms with Crippen molar-refractivity contribution in [1.82, 2.24) is 5.32 Å². The number of nitrogens with one attached hydrogen (secondary N) is 2. The van der Waals surface area contributed by atoms with E-state index in [9.17, 15) is 14.7 Å². The first kappa shape index (κ1) is 16.7. The number of carboxylic acids is 1. The van der Waals surface area contributed by atoms with Crippen LogP contribution in [0.2, 0.25) is 0 Å². The van der Waals surface area contributed by atoms with E-state index in [4.69, 9.17) is 5.26 Å². The van der Waals surface area contributed by atoms with E-state index in [2.05, 4.69) is 10.6 Å². The molecule has 0 atom stereocenters. The van der Waals surface area contributed by atoms with Gasteiger partial charge in [0, 0.05) is 5.69 Å². The van der Waals surface area contributed by atoms with Crippen LogP contribution in [0.5, 0.6) is 0 Å². The molecule has 6 nitrogen and oxygen atoms in total. The third kappa shape index (κ3) is 4.29. The first-order valence-electron chi connectivity index (χ1n) is 6.76. The number of carbonyl (C=O) groups excluding carboxylic acids is 1. The number of carbonyl (C=O) groups is 2. The molecule has 112 valence electrons. The molecule has 0 bridgehead atoms. The highest BCUT2D eigenvalue weighted by atomic mass is 16.4. The minimum atomic E-state index is -1.09. The third-order valence-electron chi connectivity index (χ3n) is 3.48. The molecule has 0 aliphatic rings. The molecule has 0 saturated carbocycles. The van der Waals surface area contributed by atoms with Gasteiger partial charge in [0.1, 0.15) is 5.54 Å². The van der Waals surface area contributed by atoms with Crippen molar-refractivity contribution in [3.05, 3.63) is 29.8 Å². The highest BCUT2D eigenvalue weighted by Crippen LogP contribution is 2.15. The summed E-state index contributed by atoms with van der Waals surface area (Å²) in [6.07, 6.45) is 0.770. The molecule has 1 amide bonds. The number of rotatable bonds is 7. The van der Waals surface area contributed by atoms with Crippen molar-refractivity contribution in [3.63, 3.8) is 0 Å². The minimum absolute atomic E-state index is 0.106. The van der Waals surface area contributed by atoms with Gasteiger partial charge in [-0.15, -0.1) is 0 Å². The Kier molecular flexibility index (Phi) is 5.88. The number of anilines is 1. The van der Waals surface area contributed by atoms with E-state index in [0.717, 1.165) is 0 Å². The van der Waals surface area contributed by atoms with Gasteiger partial charge in [0.2, 0.25) is 5.91 Å². The van der Waals surface area contributed by atoms with Crippen LogP contribution in [0.3, 0.4) is 0 Å². The minimum Gasteiger partial charge on any atom is -0.480 e.